The molecule has 0 saturated carbocycles. The maximum absolute atomic E-state index is 12.0. The lowest BCUT2D eigenvalue weighted by atomic mass is 10.0. The quantitative estimate of drug-likeness (QED) is 0.840. The molecular formula is C14H22N2O. The van der Waals surface area contributed by atoms with Gasteiger partial charge in [0.2, 0.25) is 5.91 Å². The third kappa shape index (κ3) is 4.57. The number of carbonyl (C=O) groups excluding carboxylic acids is 1. The smallest absolute Gasteiger partial charge is 0.239 e. The standard InChI is InChI=1S/C14H22N2O/c1-11(2)15-13(14(17)16(3)4)10-12-8-6-5-7-9-12/h5-9,11,13,15H,10H2,1-4H3. The zero-order chi connectivity index (χ0) is 12.8. The molecular weight excluding hydrogens is 212 g/mol. The molecule has 0 saturated heterocycles. The number of benzene rings is 1. The monoisotopic (exact) mass is 234 g/mol. The predicted octanol–water partition coefficient (Wildman–Crippen LogP) is 1.68. The molecule has 1 N–H and O–H groups in total. The van der Waals surface area contributed by atoms with Crippen LogP contribution in [0.3, 0.4) is 0 Å². The molecule has 1 unspecified atom stereocenters. The summed E-state index contributed by atoms with van der Waals surface area (Å²) in [5.41, 5.74) is 1.18. The van der Waals surface area contributed by atoms with Gasteiger partial charge >= 0.3 is 0 Å². The van der Waals surface area contributed by atoms with E-state index in [0.717, 1.165) is 6.42 Å². The maximum atomic E-state index is 12.0. The summed E-state index contributed by atoms with van der Waals surface area (Å²) in [6, 6.07) is 10.3. The van der Waals surface area contributed by atoms with Crippen molar-refractivity contribution in [3.05, 3.63) is 35.9 Å². The van der Waals surface area contributed by atoms with Gasteiger partial charge < -0.3 is 10.2 Å². The average molecular weight is 234 g/mol. The van der Waals surface area contributed by atoms with Gasteiger partial charge in [-0.15, -0.1) is 0 Å². The van der Waals surface area contributed by atoms with E-state index in [1.165, 1.54) is 5.56 Å². The Balaban J connectivity index is 2.74. The minimum Gasteiger partial charge on any atom is -0.347 e. The average Bonchev–Trinajstić information content (AvgIpc) is 2.28. The highest BCUT2D eigenvalue weighted by Gasteiger charge is 2.20. The largest absolute Gasteiger partial charge is 0.347 e. The minimum absolute atomic E-state index is 0.127. The Bertz CT molecular complexity index is 346. The van der Waals surface area contributed by atoms with Crippen molar-refractivity contribution in [1.29, 1.82) is 0 Å². The van der Waals surface area contributed by atoms with Gasteiger partial charge in [-0.1, -0.05) is 44.2 Å². The van der Waals surface area contributed by atoms with Crippen molar-refractivity contribution in [3.8, 4) is 0 Å². The van der Waals surface area contributed by atoms with Crippen molar-refractivity contribution in [1.82, 2.24) is 10.2 Å². The lowest BCUT2D eigenvalue weighted by Crippen LogP contribution is -2.47. The molecule has 1 amide bonds. The van der Waals surface area contributed by atoms with E-state index in [1.54, 1.807) is 19.0 Å². The number of likely N-dealkylation sites (N-methyl/N-ethyl adjacent to an activating group) is 1. The fraction of sp³-hybridized carbons (Fsp3) is 0.500. The molecule has 0 radical (unpaired) electrons. The fourth-order valence-corrected chi connectivity index (χ4v) is 1.78. The molecule has 0 fully saturated rings. The summed E-state index contributed by atoms with van der Waals surface area (Å²) in [6.45, 7) is 4.11. The number of carbonyl (C=O) groups is 1. The van der Waals surface area contributed by atoms with Crippen molar-refractivity contribution < 1.29 is 4.79 Å². The highest BCUT2D eigenvalue weighted by atomic mass is 16.2. The van der Waals surface area contributed by atoms with E-state index in [2.05, 4.69) is 31.3 Å². The third-order valence-corrected chi connectivity index (χ3v) is 2.56. The van der Waals surface area contributed by atoms with E-state index in [4.69, 9.17) is 0 Å². The number of hydrogen-bond acceptors (Lipinski definition) is 2. The van der Waals surface area contributed by atoms with E-state index in [0.29, 0.717) is 6.04 Å². The molecule has 1 aromatic carbocycles. The van der Waals surface area contributed by atoms with E-state index in [9.17, 15) is 4.79 Å². The zero-order valence-electron chi connectivity index (χ0n) is 11.1. The second kappa shape index (κ2) is 6.40. The van der Waals surface area contributed by atoms with Crippen LogP contribution in [0.2, 0.25) is 0 Å². The van der Waals surface area contributed by atoms with Crippen LogP contribution in [-0.2, 0) is 11.2 Å². The molecule has 17 heavy (non-hydrogen) atoms. The molecule has 3 heteroatoms. The summed E-state index contributed by atoms with van der Waals surface area (Å²) < 4.78 is 0. The summed E-state index contributed by atoms with van der Waals surface area (Å²) in [5, 5.41) is 3.32. The van der Waals surface area contributed by atoms with Gasteiger partial charge in [-0.25, -0.2) is 0 Å². The molecule has 1 rings (SSSR count). The molecule has 1 atom stereocenters. The van der Waals surface area contributed by atoms with Crippen molar-refractivity contribution in [3.63, 3.8) is 0 Å². The van der Waals surface area contributed by atoms with E-state index >= 15 is 0 Å². The van der Waals surface area contributed by atoms with Crippen LogP contribution in [0.5, 0.6) is 0 Å². The first-order valence-corrected chi connectivity index (χ1v) is 6.02. The zero-order valence-corrected chi connectivity index (χ0v) is 11.1. The van der Waals surface area contributed by atoms with E-state index < -0.39 is 0 Å². The summed E-state index contributed by atoms with van der Waals surface area (Å²) in [6.07, 6.45) is 0.732. The topological polar surface area (TPSA) is 32.3 Å². The van der Waals surface area contributed by atoms with Crippen LogP contribution in [0.1, 0.15) is 19.4 Å². The van der Waals surface area contributed by atoms with Gasteiger partial charge in [-0.05, 0) is 12.0 Å². The number of nitrogens with one attached hydrogen (secondary N) is 1. The summed E-state index contributed by atoms with van der Waals surface area (Å²) in [4.78, 5) is 13.7. The highest BCUT2D eigenvalue weighted by Crippen LogP contribution is 2.05. The van der Waals surface area contributed by atoms with Gasteiger partial charge in [0.25, 0.3) is 0 Å². The minimum atomic E-state index is -0.146. The van der Waals surface area contributed by atoms with Crippen molar-refractivity contribution in [2.75, 3.05) is 14.1 Å². The Morgan fingerprint density at radius 3 is 2.29 bits per heavy atom. The molecule has 94 valence electrons. The molecule has 0 aliphatic carbocycles. The van der Waals surface area contributed by atoms with Gasteiger partial charge in [-0.2, -0.15) is 0 Å². The molecule has 0 bridgehead atoms. The predicted molar refractivity (Wildman–Crippen MR) is 70.9 cm³/mol. The van der Waals surface area contributed by atoms with Gasteiger partial charge in [0.05, 0.1) is 6.04 Å². The Morgan fingerprint density at radius 1 is 1.24 bits per heavy atom. The van der Waals surface area contributed by atoms with Crippen LogP contribution >= 0.6 is 0 Å². The molecule has 0 aliphatic heterocycles. The van der Waals surface area contributed by atoms with Gasteiger partial charge in [-0.3, -0.25) is 4.79 Å². The van der Waals surface area contributed by atoms with Crippen LogP contribution in [0.4, 0.5) is 0 Å². The fourth-order valence-electron chi connectivity index (χ4n) is 1.78. The van der Waals surface area contributed by atoms with Crippen LogP contribution in [0.25, 0.3) is 0 Å². The van der Waals surface area contributed by atoms with Crippen LogP contribution in [-0.4, -0.2) is 37.0 Å². The lowest BCUT2D eigenvalue weighted by molar-refractivity contribution is -0.131. The van der Waals surface area contributed by atoms with Crippen LogP contribution < -0.4 is 5.32 Å². The molecule has 0 heterocycles. The van der Waals surface area contributed by atoms with E-state index in [-0.39, 0.29) is 11.9 Å². The summed E-state index contributed by atoms with van der Waals surface area (Å²) >= 11 is 0. The van der Waals surface area contributed by atoms with Gasteiger partial charge in [0.15, 0.2) is 0 Å². The lowest BCUT2D eigenvalue weighted by Gasteiger charge is -2.23. The third-order valence-electron chi connectivity index (χ3n) is 2.56. The first-order chi connectivity index (χ1) is 8.00. The number of amides is 1. The van der Waals surface area contributed by atoms with Gasteiger partial charge in [0, 0.05) is 20.1 Å². The molecule has 0 aromatic heterocycles. The molecule has 0 aliphatic rings. The van der Waals surface area contributed by atoms with Crippen LogP contribution in [0.15, 0.2) is 30.3 Å². The first kappa shape index (κ1) is 13.7. The van der Waals surface area contributed by atoms with Crippen molar-refractivity contribution >= 4 is 5.91 Å². The maximum Gasteiger partial charge on any atom is 0.239 e. The van der Waals surface area contributed by atoms with Crippen molar-refractivity contribution in [2.45, 2.75) is 32.4 Å². The van der Waals surface area contributed by atoms with E-state index in [1.807, 2.05) is 18.2 Å². The first-order valence-electron chi connectivity index (χ1n) is 6.02. The Hall–Kier alpha value is -1.35. The van der Waals surface area contributed by atoms with Gasteiger partial charge in [0.1, 0.15) is 0 Å². The number of rotatable bonds is 5. The van der Waals surface area contributed by atoms with Crippen molar-refractivity contribution in [2.24, 2.45) is 0 Å². The molecule has 1 aromatic rings. The Kier molecular flexibility index (Phi) is 5.16. The molecule has 0 spiro atoms. The summed E-state index contributed by atoms with van der Waals surface area (Å²) in [7, 11) is 3.59. The number of hydrogen-bond donors (Lipinski definition) is 1. The Morgan fingerprint density at radius 2 is 1.82 bits per heavy atom. The molecule has 3 nitrogen and oxygen atoms in total. The SMILES string of the molecule is CC(C)NC(Cc1ccccc1)C(=O)N(C)C. The number of nitrogens with zero attached hydrogens (tertiary/aromatic N) is 1. The second-order valence-electron chi connectivity index (χ2n) is 4.80. The second-order valence-corrected chi connectivity index (χ2v) is 4.80. The summed E-state index contributed by atoms with van der Waals surface area (Å²) in [5.74, 6) is 0.127. The Labute approximate surface area is 104 Å². The highest BCUT2D eigenvalue weighted by molar-refractivity contribution is 5.81. The van der Waals surface area contributed by atoms with Crippen LogP contribution in [0, 0.1) is 0 Å². The normalized spacial score (nSPS) is 12.5.